The molecule has 1 radical (unpaired) electrons. The van der Waals surface area contributed by atoms with Crippen LogP contribution in [0.15, 0.2) is 47.2 Å². The maximum atomic E-state index is 9.91. The van der Waals surface area contributed by atoms with Gasteiger partial charge < -0.3 is 4.74 Å². The number of ether oxygens (including phenoxy) is 1. The van der Waals surface area contributed by atoms with Crippen molar-refractivity contribution in [3.63, 3.8) is 0 Å². The molecule has 0 aliphatic heterocycles. The van der Waals surface area contributed by atoms with Gasteiger partial charge in [0.2, 0.25) is 0 Å². The van der Waals surface area contributed by atoms with E-state index in [0.717, 1.165) is 41.6 Å². The number of halogens is 1. The molecule has 2 unspecified atom stereocenters. The number of nitriles is 1. The van der Waals surface area contributed by atoms with Gasteiger partial charge in [-0.1, -0.05) is 0 Å². The van der Waals surface area contributed by atoms with E-state index in [0.29, 0.717) is 12.6 Å². The van der Waals surface area contributed by atoms with Crippen LogP contribution in [0.3, 0.4) is 0 Å². The minimum absolute atomic E-state index is 0.389. The first-order valence-electron chi connectivity index (χ1n) is 9.00. The zero-order valence-electron chi connectivity index (χ0n) is 15.3. The highest BCUT2D eigenvalue weighted by Gasteiger charge is 2.46. The molecule has 0 spiro atoms. The van der Waals surface area contributed by atoms with Crippen LogP contribution in [0, 0.1) is 11.3 Å². The van der Waals surface area contributed by atoms with Gasteiger partial charge in [0.05, 0.1) is 18.1 Å². The first-order valence-corrected chi connectivity index (χ1v) is 9.80. The van der Waals surface area contributed by atoms with Crippen molar-refractivity contribution in [2.75, 3.05) is 13.7 Å². The van der Waals surface area contributed by atoms with Crippen LogP contribution < -0.4 is 9.64 Å². The van der Waals surface area contributed by atoms with Gasteiger partial charge >= 0.3 is 0 Å². The molecule has 0 N–H and O–H groups in total. The van der Waals surface area contributed by atoms with Gasteiger partial charge in [0.15, 0.2) is 0 Å². The SMILES string of the molecule is CCOc1ccc(C[N+](C)C2CCC(C#N)(c3cncc(Br)c3)C2)cc1. The molecule has 0 amide bonds. The lowest BCUT2D eigenvalue weighted by Gasteiger charge is -2.21. The fourth-order valence-electron chi connectivity index (χ4n) is 3.77. The summed E-state index contributed by atoms with van der Waals surface area (Å²) in [5, 5.41) is 9.91. The average molecular weight is 414 g/mol. The van der Waals surface area contributed by atoms with Gasteiger partial charge in [-0.2, -0.15) is 10.2 Å². The molecule has 0 saturated heterocycles. The van der Waals surface area contributed by atoms with E-state index in [-0.39, 0.29) is 0 Å². The lowest BCUT2D eigenvalue weighted by atomic mass is 9.81. The van der Waals surface area contributed by atoms with E-state index in [1.54, 1.807) is 6.20 Å². The molecule has 1 aliphatic carbocycles. The number of benzene rings is 1. The molecule has 1 aromatic carbocycles. The predicted molar refractivity (Wildman–Crippen MR) is 106 cm³/mol. The molecule has 0 bridgehead atoms. The summed E-state index contributed by atoms with van der Waals surface area (Å²) in [5.41, 5.74) is 1.84. The van der Waals surface area contributed by atoms with E-state index in [2.05, 4.69) is 51.1 Å². The summed E-state index contributed by atoms with van der Waals surface area (Å²) in [6.07, 6.45) is 6.34. The molecule has 1 aromatic heterocycles. The van der Waals surface area contributed by atoms with Gasteiger partial charge in [0, 0.05) is 35.3 Å². The standard InChI is InChI=1S/C21H24BrN3O/c1-3-26-20-6-4-16(5-7-20)14-25(2)19-8-9-21(11-19,15-23)17-10-18(22)13-24-12-17/h4-7,10,12-13,19H,3,8-9,11,14H2,1-2H3/q+1. The Balaban J connectivity index is 1.68. The summed E-state index contributed by atoms with van der Waals surface area (Å²) < 4.78 is 6.43. The van der Waals surface area contributed by atoms with E-state index in [9.17, 15) is 5.26 Å². The quantitative estimate of drug-likeness (QED) is 0.653. The topological polar surface area (TPSA) is 51.8 Å². The van der Waals surface area contributed by atoms with E-state index in [4.69, 9.17) is 4.74 Å². The Morgan fingerprint density at radius 2 is 2.12 bits per heavy atom. The van der Waals surface area contributed by atoms with Crippen LogP contribution in [0.5, 0.6) is 5.75 Å². The molecule has 4 nitrogen and oxygen atoms in total. The van der Waals surface area contributed by atoms with Crippen molar-refractivity contribution in [2.24, 2.45) is 0 Å². The van der Waals surface area contributed by atoms with Crippen molar-refractivity contribution in [1.29, 1.82) is 5.26 Å². The highest BCUT2D eigenvalue weighted by molar-refractivity contribution is 9.10. The highest BCUT2D eigenvalue weighted by atomic mass is 79.9. The Kier molecular flexibility index (Phi) is 5.95. The van der Waals surface area contributed by atoms with E-state index >= 15 is 0 Å². The molecule has 26 heavy (non-hydrogen) atoms. The number of rotatable bonds is 6. The van der Waals surface area contributed by atoms with Crippen molar-refractivity contribution in [1.82, 2.24) is 9.88 Å². The number of hydrogen-bond acceptors (Lipinski definition) is 4. The predicted octanol–water partition coefficient (Wildman–Crippen LogP) is 4.53. The Morgan fingerprint density at radius 1 is 1.35 bits per heavy atom. The van der Waals surface area contributed by atoms with Crippen LogP contribution >= 0.6 is 15.9 Å². The number of nitrogens with zero attached hydrogens (tertiary/aromatic N) is 3. The molecule has 2 atom stereocenters. The van der Waals surface area contributed by atoms with Crippen LogP contribution in [0.4, 0.5) is 0 Å². The molecule has 3 rings (SSSR count). The zero-order valence-corrected chi connectivity index (χ0v) is 16.9. The molecular weight excluding hydrogens is 390 g/mol. The van der Waals surface area contributed by atoms with E-state index < -0.39 is 5.41 Å². The van der Waals surface area contributed by atoms with Crippen molar-refractivity contribution in [3.05, 3.63) is 58.3 Å². The second-order valence-electron chi connectivity index (χ2n) is 6.97. The van der Waals surface area contributed by atoms with Gasteiger partial charge in [-0.25, -0.2) is 0 Å². The Bertz CT molecular complexity index is 787. The van der Waals surface area contributed by atoms with Crippen LogP contribution in [-0.4, -0.2) is 24.7 Å². The Hall–Kier alpha value is -1.90. The third-order valence-electron chi connectivity index (χ3n) is 5.25. The Morgan fingerprint density at radius 3 is 2.77 bits per heavy atom. The largest absolute Gasteiger partial charge is 0.494 e. The van der Waals surface area contributed by atoms with Crippen LogP contribution in [0.2, 0.25) is 0 Å². The van der Waals surface area contributed by atoms with Crippen LogP contribution in [0.1, 0.15) is 37.3 Å². The smallest absolute Gasteiger partial charge is 0.148 e. The summed E-state index contributed by atoms with van der Waals surface area (Å²) in [5.74, 6) is 0.908. The normalized spacial score (nSPS) is 22.3. The first-order chi connectivity index (χ1) is 12.6. The van der Waals surface area contributed by atoms with Crippen molar-refractivity contribution in [3.8, 4) is 11.8 Å². The van der Waals surface area contributed by atoms with Crippen LogP contribution in [0.25, 0.3) is 0 Å². The summed E-state index contributed by atoms with van der Waals surface area (Å²) in [6.45, 7) is 3.54. The lowest BCUT2D eigenvalue weighted by Crippen LogP contribution is -2.36. The van der Waals surface area contributed by atoms with Gasteiger partial charge in [0.1, 0.15) is 25.4 Å². The van der Waals surface area contributed by atoms with Gasteiger partial charge in [-0.3, -0.25) is 4.98 Å². The van der Waals surface area contributed by atoms with Crippen molar-refractivity contribution >= 4 is 15.9 Å². The molecule has 1 aliphatic rings. The summed E-state index contributed by atoms with van der Waals surface area (Å²) in [7, 11) is 2.15. The highest BCUT2D eigenvalue weighted by Crippen LogP contribution is 2.42. The monoisotopic (exact) mass is 413 g/mol. The molecule has 1 saturated carbocycles. The number of pyridine rings is 1. The molecule has 135 valence electrons. The fraction of sp³-hybridized carbons (Fsp3) is 0.429. The van der Waals surface area contributed by atoms with E-state index in [1.807, 2.05) is 31.3 Å². The summed E-state index contributed by atoms with van der Waals surface area (Å²) >= 11 is 3.48. The number of aromatic nitrogens is 1. The first kappa shape index (κ1) is 18.9. The minimum atomic E-state index is -0.436. The van der Waals surface area contributed by atoms with E-state index in [1.165, 1.54) is 5.56 Å². The van der Waals surface area contributed by atoms with Gasteiger partial charge in [-0.05, 0) is 65.2 Å². The molecule has 2 aromatic rings. The molecule has 1 fully saturated rings. The summed E-state index contributed by atoms with van der Waals surface area (Å²) in [6, 6.07) is 13.3. The second kappa shape index (κ2) is 8.20. The minimum Gasteiger partial charge on any atom is -0.494 e. The third kappa shape index (κ3) is 4.08. The molecule has 1 heterocycles. The molecule has 5 heteroatoms. The number of hydrogen-bond donors (Lipinski definition) is 0. The van der Waals surface area contributed by atoms with Crippen molar-refractivity contribution in [2.45, 2.75) is 44.2 Å². The zero-order chi connectivity index (χ0) is 18.6. The average Bonchev–Trinajstić information content (AvgIpc) is 3.10. The third-order valence-corrected chi connectivity index (χ3v) is 5.68. The summed E-state index contributed by atoms with van der Waals surface area (Å²) in [4.78, 5) is 6.62. The molecular formula is C21H24BrN3O+. The lowest BCUT2D eigenvalue weighted by molar-refractivity contribution is 0.338. The van der Waals surface area contributed by atoms with Gasteiger partial charge in [-0.15, -0.1) is 0 Å². The maximum absolute atomic E-state index is 9.91. The Labute approximate surface area is 163 Å². The van der Waals surface area contributed by atoms with Crippen LogP contribution in [-0.2, 0) is 12.0 Å². The van der Waals surface area contributed by atoms with Crippen molar-refractivity contribution < 1.29 is 4.74 Å². The second-order valence-corrected chi connectivity index (χ2v) is 7.89. The van der Waals surface area contributed by atoms with Gasteiger partial charge in [0.25, 0.3) is 0 Å². The maximum Gasteiger partial charge on any atom is 0.148 e. The fourth-order valence-corrected chi connectivity index (χ4v) is 4.14.